The van der Waals surface area contributed by atoms with E-state index in [1.807, 2.05) is 32.0 Å². The predicted octanol–water partition coefficient (Wildman–Crippen LogP) is 2.35. The molecule has 0 amide bonds. The van der Waals surface area contributed by atoms with Crippen LogP contribution in [0.2, 0.25) is 0 Å². The Balaban J connectivity index is 2.67. The summed E-state index contributed by atoms with van der Waals surface area (Å²) >= 11 is 0. The number of aliphatic hydroxyl groups is 1. The molecule has 1 N–H and O–H groups in total. The zero-order valence-electron chi connectivity index (χ0n) is 17.3. The Morgan fingerprint density at radius 1 is 1.29 bits per heavy atom. The molecular weight excluding hydrogens is 362 g/mol. The van der Waals surface area contributed by atoms with Gasteiger partial charge in [0.1, 0.15) is 11.7 Å². The van der Waals surface area contributed by atoms with Crippen LogP contribution >= 0.6 is 0 Å². The van der Waals surface area contributed by atoms with E-state index in [-0.39, 0.29) is 18.4 Å². The van der Waals surface area contributed by atoms with Crippen LogP contribution < -0.4 is 0 Å². The maximum absolute atomic E-state index is 13.0. The third-order valence-corrected chi connectivity index (χ3v) is 5.31. The van der Waals surface area contributed by atoms with E-state index < -0.39 is 35.1 Å². The van der Waals surface area contributed by atoms with Crippen LogP contribution in [0.4, 0.5) is 0 Å². The van der Waals surface area contributed by atoms with E-state index in [0.717, 1.165) is 0 Å². The van der Waals surface area contributed by atoms with Crippen molar-refractivity contribution >= 4 is 17.8 Å². The summed E-state index contributed by atoms with van der Waals surface area (Å²) in [6.07, 6.45) is -0.831. The molecule has 0 aromatic heterocycles. The number of benzene rings is 1. The summed E-state index contributed by atoms with van der Waals surface area (Å²) in [5.41, 5.74) is -3.08. The van der Waals surface area contributed by atoms with Crippen molar-refractivity contribution in [1.82, 2.24) is 0 Å². The summed E-state index contributed by atoms with van der Waals surface area (Å²) in [5.74, 6) is -2.42. The Bertz CT molecular complexity index is 743. The number of carbonyl (C=O) groups is 2. The molecule has 4 atom stereocenters. The lowest BCUT2D eigenvalue weighted by Crippen LogP contribution is -2.67. The third kappa shape index (κ3) is 3.51. The minimum Gasteiger partial charge on any atom is -0.470 e. The van der Waals surface area contributed by atoms with Crippen molar-refractivity contribution in [2.75, 3.05) is 13.7 Å². The third-order valence-electron chi connectivity index (χ3n) is 5.31. The fraction of sp³-hybridized carbons (Fsp3) is 0.571. The first kappa shape index (κ1) is 21.9. The van der Waals surface area contributed by atoms with E-state index in [9.17, 15) is 14.7 Å². The van der Waals surface area contributed by atoms with Crippen LogP contribution in [0.5, 0.6) is 0 Å². The minimum atomic E-state index is -1.92. The second-order valence-electron chi connectivity index (χ2n) is 7.44. The number of hydrogen-bond donors (Lipinski definition) is 1. The summed E-state index contributed by atoms with van der Waals surface area (Å²) in [5, 5.41) is 11.5. The molecule has 1 aromatic carbocycles. The molecule has 154 valence electrons. The summed E-state index contributed by atoms with van der Waals surface area (Å²) in [6.45, 7) is 8.47. The molecule has 1 heterocycles. The van der Waals surface area contributed by atoms with Crippen molar-refractivity contribution in [3.05, 3.63) is 35.9 Å². The number of ether oxygens (including phenoxy) is 3. The molecule has 0 saturated carbocycles. The topological polar surface area (TPSA) is 94.4 Å². The van der Waals surface area contributed by atoms with Crippen LogP contribution in [0.25, 0.3) is 0 Å². The van der Waals surface area contributed by atoms with Gasteiger partial charge in [0.05, 0.1) is 19.6 Å². The van der Waals surface area contributed by atoms with E-state index in [1.54, 1.807) is 19.1 Å². The Morgan fingerprint density at radius 2 is 1.89 bits per heavy atom. The van der Waals surface area contributed by atoms with Gasteiger partial charge in [-0.1, -0.05) is 32.0 Å². The predicted molar refractivity (Wildman–Crippen MR) is 104 cm³/mol. The highest BCUT2D eigenvalue weighted by atomic mass is 16.6. The number of rotatable bonds is 7. The van der Waals surface area contributed by atoms with Crippen LogP contribution in [0.15, 0.2) is 35.3 Å². The fourth-order valence-electron chi connectivity index (χ4n) is 3.54. The first-order valence-corrected chi connectivity index (χ1v) is 9.42. The SMILES string of the molecule is CCOC(=O)C(C)[C@](C)(O)[C@]1(C(=O)OC)N=C(c2ccccc2)OC1C(C)C. The smallest absolute Gasteiger partial charge is 0.340 e. The fourth-order valence-corrected chi connectivity index (χ4v) is 3.54. The number of methoxy groups -OCH3 is 1. The number of esters is 2. The quantitative estimate of drug-likeness (QED) is 0.717. The lowest BCUT2D eigenvalue weighted by Gasteiger charge is -2.43. The van der Waals surface area contributed by atoms with Crippen molar-refractivity contribution in [3.8, 4) is 0 Å². The molecule has 0 fully saturated rings. The minimum absolute atomic E-state index is 0.160. The van der Waals surface area contributed by atoms with Gasteiger partial charge >= 0.3 is 11.9 Å². The summed E-state index contributed by atoms with van der Waals surface area (Å²) in [4.78, 5) is 30.0. The number of carbonyl (C=O) groups excluding carboxylic acids is 2. The standard InChI is InChI=1S/C21H29NO6/c1-7-27-18(23)14(4)20(5,25)21(19(24)26-6)16(13(2)3)28-17(22-21)15-11-9-8-10-12-15/h8-14,16,25H,7H2,1-6H3/t14?,16?,20-,21-/m0/s1. The van der Waals surface area contributed by atoms with Crippen LogP contribution in [0.1, 0.15) is 40.2 Å². The van der Waals surface area contributed by atoms with Crippen molar-refractivity contribution in [3.63, 3.8) is 0 Å². The molecular formula is C21H29NO6. The molecule has 7 heteroatoms. The molecule has 2 rings (SSSR count). The molecule has 1 aromatic rings. The Morgan fingerprint density at radius 3 is 2.39 bits per heavy atom. The van der Waals surface area contributed by atoms with Gasteiger partial charge in [0.25, 0.3) is 0 Å². The molecule has 7 nitrogen and oxygen atoms in total. The van der Waals surface area contributed by atoms with Crippen molar-refractivity contribution < 1.29 is 28.9 Å². The van der Waals surface area contributed by atoms with Gasteiger partial charge in [-0.3, -0.25) is 4.79 Å². The Hall–Kier alpha value is -2.41. The zero-order valence-corrected chi connectivity index (χ0v) is 17.3. The van der Waals surface area contributed by atoms with Gasteiger partial charge in [-0.25, -0.2) is 9.79 Å². The van der Waals surface area contributed by atoms with E-state index in [2.05, 4.69) is 4.99 Å². The Kier molecular flexibility index (Phi) is 6.49. The lowest BCUT2D eigenvalue weighted by molar-refractivity contribution is -0.180. The van der Waals surface area contributed by atoms with Gasteiger partial charge in [0.2, 0.25) is 11.4 Å². The van der Waals surface area contributed by atoms with Crippen LogP contribution in [-0.4, -0.2) is 53.9 Å². The monoisotopic (exact) mass is 391 g/mol. The van der Waals surface area contributed by atoms with Gasteiger partial charge in [-0.05, 0) is 38.8 Å². The van der Waals surface area contributed by atoms with Crippen LogP contribution in [-0.2, 0) is 23.8 Å². The molecule has 0 saturated heterocycles. The molecule has 2 unspecified atom stereocenters. The molecule has 1 aliphatic rings. The van der Waals surface area contributed by atoms with E-state index >= 15 is 0 Å². The van der Waals surface area contributed by atoms with Crippen molar-refractivity contribution in [1.29, 1.82) is 0 Å². The largest absolute Gasteiger partial charge is 0.470 e. The van der Waals surface area contributed by atoms with Crippen LogP contribution in [0.3, 0.4) is 0 Å². The Labute approximate surface area is 165 Å². The highest BCUT2D eigenvalue weighted by Crippen LogP contribution is 2.45. The summed E-state index contributed by atoms with van der Waals surface area (Å²) in [6, 6.07) is 9.10. The number of nitrogens with zero attached hydrogens (tertiary/aromatic N) is 1. The molecule has 0 bridgehead atoms. The summed E-state index contributed by atoms with van der Waals surface area (Å²) in [7, 11) is 1.22. The molecule has 0 spiro atoms. The highest BCUT2D eigenvalue weighted by molar-refractivity contribution is 6.00. The average Bonchev–Trinajstić information content (AvgIpc) is 3.10. The number of hydrogen-bond acceptors (Lipinski definition) is 7. The lowest BCUT2D eigenvalue weighted by atomic mass is 9.68. The van der Waals surface area contributed by atoms with Crippen LogP contribution in [0, 0.1) is 11.8 Å². The second-order valence-corrected chi connectivity index (χ2v) is 7.44. The van der Waals surface area contributed by atoms with Gasteiger partial charge in [-0.2, -0.15) is 0 Å². The van der Waals surface area contributed by atoms with Crippen molar-refractivity contribution in [2.45, 2.75) is 51.9 Å². The van der Waals surface area contributed by atoms with Gasteiger partial charge in [0, 0.05) is 5.56 Å². The molecule has 28 heavy (non-hydrogen) atoms. The second kappa shape index (κ2) is 8.31. The van der Waals surface area contributed by atoms with E-state index in [1.165, 1.54) is 21.0 Å². The maximum atomic E-state index is 13.0. The summed E-state index contributed by atoms with van der Waals surface area (Å²) < 4.78 is 16.2. The molecule has 0 radical (unpaired) electrons. The zero-order chi connectivity index (χ0) is 21.1. The van der Waals surface area contributed by atoms with Gasteiger partial charge in [0.15, 0.2) is 0 Å². The first-order valence-electron chi connectivity index (χ1n) is 9.42. The van der Waals surface area contributed by atoms with Gasteiger partial charge < -0.3 is 19.3 Å². The van der Waals surface area contributed by atoms with Crippen molar-refractivity contribution in [2.24, 2.45) is 16.8 Å². The van der Waals surface area contributed by atoms with Gasteiger partial charge in [-0.15, -0.1) is 0 Å². The highest BCUT2D eigenvalue weighted by Gasteiger charge is 2.67. The first-order chi connectivity index (χ1) is 13.1. The van der Waals surface area contributed by atoms with E-state index in [4.69, 9.17) is 14.2 Å². The molecule has 1 aliphatic heterocycles. The number of aliphatic imine (C=N–C) groups is 1. The molecule has 0 aliphatic carbocycles. The average molecular weight is 391 g/mol. The maximum Gasteiger partial charge on any atom is 0.340 e. The normalized spacial score (nSPS) is 24.7. The van der Waals surface area contributed by atoms with E-state index in [0.29, 0.717) is 5.56 Å².